The van der Waals surface area contributed by atoms with Crippen molar-refractivity contribution in [2.24, 2.45) is 0 Å². The first-order valence-electron chi connectivity index (χ1n) is 7.90. The van der Waals surface area contributed by atoms with Crippen molar-refractivity contribution in [3.63, 3.8) is 0 Å². The quantitative estimate of drug-likeness (QED) is 0.756. The smallest absolute Gasteiger partial charge is 0.256 e. The second kappa shape index (κ2) is 7.12. The highest BCUT2D eigenvalue weighted by Gasteiger charge is 2.19. The summed E-state index contributed by atoms with van der Waals surface area (Å²) in [5.41, 5.74) is 1.53. The van der Waals surface area contributed by atoms with Gasteiger partial charge in [0, 0.05) is 18.9 Å². The van der Waals surface area contributed by atoms with Crippen LogP contribution in [0.4, 0.5) is 0 Å². The molecule has 0 spiro atoms. The van der Waals surface area contributed by atoms with Crippen LogP contribution < -0.4 is 5.32 Å². The summed E-state index contributed by atoms with van der Waals surface area (Å²) >= 11 is 0. The molecule has 1 amide bonds. The molecule has 0 aliphatic heterocycles. The summed E-state index contributed by atoms with van der Waals surface area (Å²) in [4.78, 5) is 16.7. The Kier molecular flexibility index (Phi) is 4.74. The molecule has 3 rings (SSSR count). The number of nitrogens with zero attached hydrogens (tertiary/aromatic N) is 3. The summed E-state index contributed by atoms with van der Waals surface area (Å²) in [5, 5.41) is 6.76. The molecular formula is C18H20N4O2. The van der Waals surface area contributed by atoms with Crippen LogP contribution in [0.3, 0.4) is 0 Å². The SMILES string of the molecule is Cc1oncc1C(=O)N[C@H](CCn1ccnc1C)c1ccccc1. The van der Waals surface area contributed by atoms with Gasteiger partial charge in [0.2, 0.25) is 0 Å². The van der Waals surface area contributed by atoms with Gasteiger partial charge in [0.15, 0.2) is 0 Å². The van der Waals surface area contributed by atoms with Gasteiger partial charge in [-0.15, -0.1) is 0 Å². The number of benzene rings is 1. The zero-order valence-corrected chi connectivity index (χ0v) is 13.8. The van der Waals surface area contributed by atoms with E-state index in [9.17, 15) is 4.79 Å². The van der Waals surface area contributed by atoms with E-state index in [4.69, 9.17) is 4.52 Å². The molecule has 6 nitrogen and oxygen atoms in total. The molecular weight excluding hydrogens is 304 g/mol. The fourth-order valence-electron chi connectivity index (χ4n) is 2.67. The topological polar surface area (TPSA) is 73.0 Å². The molecule has 0 radical (unpaired) electrons. The maximum atomic E-state index is 12.5. The molecule has 1 N–H and O–H groups in total. The fraction of sp³-hybridized carbons (Fsp3) is 0.278. The normalized spacial score (nSPS) is 12.1. The van der Waals surface area contributed by atoms with Crippen molar-refractivity contribution in [2.45, 2.75) is 32.9 Å². The van der Waals surface area contributed by atoms with Gasteiger partial charge in [-0.3, -0.25) is 4.79 Å². The number of aromatic nitrogens is 3. The van der Waals surface area contributed by atoms with Gasteiger partial charge in [-0.2, -0.15) is 0 Å². The summed E-state index contributed by atoms with van der Waals surface area (Å²) < 4.78 is 7.06. The molecule has 0 unspecified atom stereocenters. The molecule has 0 aliphatic carbocycles. The van der Waals surface area contributed by atoms with Gasteiger partial charge in [-0.25, -0.2) is 4.98 Å². The average Bonchev–Trinajstić information content (AvgIpc) is 3.20. The van der Waals surface area contributed by atoms with Gasteiger partial charge in [0.25, 0.3) is 5.91 Å². The molecule has 1 atom stereocenters. The molecule has 6 heteroatoms. The Morgan fingerprint density at radius 3 is 2.71 bits per heavy atom. The van der Waals surface area contributed by atoms with Crippen LogP contribution in [0.1, 0.15) is 40.0 Å². The monoisotopic (exact) mass is 324 g/mol. The fourth-order valence-corrected chi connectivity index (χ4v) is 2.67. The first kappa shape index (κ1) is 16.0. The van der Waals surface area contributed by atoms with E-state index >= 15 is 0 Å². The Morgan fingerprint density at radius 2 is 2.08 bits per heavy atom. The number of nitrogens with one attached hydrogen (secondary N) is 1. The van der Waals surface area contributed by atoms with Crippen LogP contribution >= 0.6 is 0 Å². The molecule has 124 valence electrons. The highest BCUT2D eigenvalue weighted by atomic mass is 16.5. The van der Waals surface area contributed by atoms with Crippen LogP contribution in [0, 0.1) is 13.8 Å². The minimum absolute atomic E-state index is 0.102. The maximum Gasteiger partial charge on any atom is 0.256 e. The van der Waals surface area contributed by atoms with Crippen LogP contribution in [-0.4, -0.2) is 20.6 Å². The standard InChI is InChI=1S/C18H20N4O2/c1-13-16(12-20-24-13)18(23)21-17(15-6-4-3-5-7-15)8-10-22-11-9-19-14(22)2/h3-7,9,11-12,17H,8,10H2,1-2H3,(H,21,23)/t17-/m1/s1. The largest absolute Gasteiger partial charge is 0.361 e. The first-order valence-corrected chi connectivity index (χ1v) is 7.90. The minimum Gasteiger partial charge on any atom is -0.361 e. The summed E-state index contributed by atoms with van der Waals surface area (Å²) in [7, 11) is 0. The predicted octanol–water partition coefficient (Wildman–Crippen LogP) is 3.05. The summed E-state index contributed by atoms with van der Waals surface area (Å²) in [6.07, 6.45) is 5.94. The Hall–Kier alpha value is -2.89. The number of aryl methyl sites for hydroxylation is 3. The van der Waals surface area contributed by atoms with E-state index in [0.717, 1.165) is 24.4 Å². The Labute approximate surface area is 140 Å². The second-order valence-electron chi connectivity index (χ2n) is 5.69. The lowest BCUT2D eigenvalue weighted by molar-refractivity contribution is 0.0932. The Morgan fingerprint density at radius 1 is 1.29 bits per heavy atom. The van der Waals surface area contributed by atoms with Crippen molar-refractivity contribution in [2.75, 3.05) is 0 Å². The van der Waals surface area contributed by atoms with Gasteiger partial charge < -0.3 is 14.4 Å². The lowest BCUT2D eigenvalue weighted by Gasteiger charge is -2.19. The maximum absolute atomic E-state index is 12.5. The molecule has 3 aromatic rings. The second-order valence-corrected chi connectivity index (χ2v) is 5.69. The molecule has 0 bridgehead atoms. The number of rotatable bonds is 6. The van der Waals surface area contributed by atoms with Gasteiger partial charge in [-0.05, 0) is 25.8 Å². The number of carbonyl (C=O) groups excluding carboxylic acids is 1. The van der Waals surface area contributed by atoms with E-state index < -0.39 is 0 Å². The van der Waals surface area contributed by atoms with Gasteiger partial charge in [0.1, 0.15) is 17.1 Å². The number of carbonyl (C=O) groups is 1. The molecule has 2 heterocycles. The molecule has 24 heavy (non-hydrogen) atoms. The van der Waals surface area contributed by atoms with E-state index in [2.05, 4.69) is 20.0 Å². The zero-order valence-electron chi connectivity index (χ0n) is 13.8. The van der Waals surface area contributed by atoms with Gasteiger partial charge in [0.05, 0.1) is 12.2 Å². The molecule has 1 aromatic carbocycles. The van der Waals surface area contributed by atoms with E-state index in [-0.39, 0.29) is 11.9 Å². The van der Waals surface area contributed by atoms with Crippen LogP contribution in [-0.2, 0) is 6.54 Å². The van der Waals surface area contributed by atoms with Crippen LogP contribution in [0.5, 0.6) is 0 Å². The Balaban J connectivity index is 1.76. The van der Waals surface area contributed by atoms with E-state index in [1.807, 2.05) is 43.5 Å². The summed E-state index contributed by atoms with van der Waals surface area (Å²) in [6.45, 7) is 4.47. The third-order valence-electron chi connectivity index (χ3n) is 4.08. The molecule has 0 aliphatic rings. The number of amides is 1. The average molecular weight is 324 g/mol. The third kappa shape index (κ3) is 3.53. The van der Waals surface area contributed by atoms with E-state index in [0.29, 0.717) is 11.3 Å². The van der Waals surface area contributed by atoms with Gasteiger partial charge >= 0.3 is 0 Å². The zero-order chi connectivity index (χ0) is 16.9. The molecule has 0 fully saturated rings. The minimum atomic E-state index is -0.176. The van der Waals surface area contributed by atoms with E-state index in [1.54, 1.807) is 13.1 Å². The summed E-state index contributed by atoms with van der Waals surface area (Å²) in [5.74, 6) is 1.30. The highest BCUT2D eigenvalue weighted by Crippen LogP contribution is 2.19. The predicted molar refractivity (Wildman–Crippen MR) is 89.5 cm³/mol. The van der Waals surface area contributed by atoms with Crippen LogP contribution in [0.25, 0.3) is 0 Å². The first-order chi connectivity index (χ1) is 11.6. The number of hydrogen-bond acceptors (Lipinski definition) is 4. The summed E-state index contributed by atoms with van der Waals surface area (Å²) in [6, 6.07) is 9.85. The number of hydrogen-bond donors (Lipinski definition) is 1. The van der Waals surface area contributed by atoms with Crippen molar-refractivity contribution in [3.05, 3.63) is 71.6 Å². The molecule has 2 aromatic heterocycles. The van der Waals surface area contributed by atoms with Crippen molar-refractivity contribution >= 4 is 5.91 Å². The van der Waals surface area contributed by atoms with Crippen LogP contribution in [0.2, 0.25) is 0 Å². The third-order valence-corrected chi connectivity index (χ3v) is 4.08. The lowest BCUT2D eigenvalue weighted by Crippen LogP contribution is -2.29. The Bertz CT molecular complexity index is 807. The number of imidazole rings is 1. The van der Waals surface area contributed by atoms with Crippen molar-refractivity contribution in [1.29, 1.82) is 0 Å². The van der Waals surface area contributed by atoms with Gasteiger partial charge in [-0.1, -0.05) is 35.5 Å². The molecule has 0 saturated heterocycles. The highest BCUT2D eigenvalue weighted by molar-refractivity contribution is 5.95. The van der Waals surface area contributed by atoms with Crippen molar-refractivity contribution in [3.8, 4) is 0 Å². The lowest BCUT2D eigenvalue weighted by atomic mass is 10.0. The van der Waals surface area contributed by atoms with Crippen molar-refractivity contribution < 1.29 is 9.32 Å². The van der Waals surface area contributed by atoms with Crippen LogP contribution in [0.15, 0.2) is 53.4 Å². The van der Waals surface area contributed by atoms with E-state index in [1.165, 1.54) is 6.20 Å². The van der Waals surface area contributed by atoms with Crippen molar-refractivity contribution in [1.82, 2.24) is 20.0 Å². The molecule has 0 saturated carbocycles.